The fourth-order valence-corrected chi connectivity index (χ4v) is 6.84. The molecule has 39 heavy (non-hydrogen) atoms. The lowest BCUT2D eigenvalue weighted by Crippen LogP contribution is -2.61. The van der Waals surface area contributed by atoms with Crippen molar-refractivity contribution in [1.29, 1.82) is 0 Å². The molecule has 1 amide bonds. The Morgan fingerprint density at radius 1 is 1.10 bits per heavy atom. The number of benzene rings is 3. The summed E-state index contributed by atoms with van der Waals surface area (Å²) in [6.07, 6.45) is 3.91. The first-order chi connectivity index (χ1) is 18.8. The zero-order valence-electron chi connectivity index (χ0n) is 23.1. The molecule has 1 saturated heterocycles. The van der Waals surface area contributed by atoms with Crippen molar-refractivity contribution in [3.05, 3.63) is 90.5 Å². The van der Waals surface area contributed by atoms with E-state index in [9.17, 15) is 9.59 Å². The first-order valence-electron chi connectivity index (χ1n) is 13.8. The molecule has 3 aromatic carbocycles. The summed E-state index contributed by atoms with van der Waals surface area (Å²) >= 11 is 0. The van der Waals surface area contributed by atoms with Crippen molar-refractivity contribution in [2.24, 2.45) is 5.92 Å². The summed E-state index contributed by atoms with van der Waals surface area (Å²) in [6.45, 7) is 7.92. The van der Waals surface area contributed by atoms with Gasteiger partial charge in [-0.25, -0.2) is 0 Å². The second-order valence-corrected chi connectivity index (χ2v) is 11.0. The highest BCUT2D eigenvalue weighted by Crippen LogP contribution is 2.51. The Balaban J connectivity index is 1.53. The van der Waals surface area contributed by atoms with Crippen LogP contribution in [0.25, 0.3) is 10.8 Å². The Morgan fingerprint density at radius 3 is 2.64 bits per heavy atom. The van der Waals surface area contributed by atoms with Crippen LogP contribution in [0.3, 0.4) is 0 Å². The molecule has 1 aliphatic carbocycles. The van der Waals surface area contributed by atoms with E-state index in [1.165, 1.54) is 12.5 Å². The topological polar surface area (TPSA) is 59.1 Å². The number of likely N-dealkylation sites (tertiary alicyclic amines) is 1. The summed E-state index contributed by atoms with van der Waals surface area (Å²) in [6, 6.07) is 22.1. The van der Waals surface area contributed by atoms with Gasteiger partial charge in [-0.3, -0.25) is 14.5 Å². The van der Waals surface area contributed by atoms with Gasteiger partial charge in [0.1, 0.15) is 11.9 Å². The largest absolute Gasteiger partial charge is 0.497 e. The molecule has 0 bridgehead atoms. The smallest absolute Gasteiger partial charge is 0.302 e. The van der Waals surface area contributed by atoms with Crippen molar-refractivity contribution < 1.29 is 19.1 Å². The van der Waals surface area contributed by atoms with Crippen molar-refractivity contribution in [1.82, 2.24) is 9.80 Å². The van der Waals surface area contributed by atoms with Gasteiger partial charge in [0.05, 0.1) is 7.11 Å². The number of nitrogens with zero attached hydrogens (tertiary/aromatic N) is 2. The van der Waals surface area contributed by atoms with Gasteiger partial charge in [-0.05, 0) is 60.0 Å². The number of carbonyl (C=O) groups excluding carboxylic acids is 2. The molecular weight excluding hydrogens is 488 g/mol. The van der Waals surface area contributed by atoms with Crippen molar-refractivity contribution in [2.45, 2.75) is 43.7 Å². The van der Waals surface area contributed by atoms with Crippen molar-refractivity contribution in [2.75, 3.05) is 33.8 Å². The van der Waals surface area contributed by atoms with Crippen LogP contribution in [0.1, 0.15) is 42.1 Å². The Labute approximate surface area is 231 Å². The molecule has 2 fully saturated rings. The fourth-order valence-electron chi connectivity index (χ4n) is 6.84. The number of fused-ring (bicyclic) bond motifs is 2. The van der Waals surface area contributed by atoms with Gasteiger partial charge in [0.2, 0.25) is 0 Å². The quantitative estimate of drug-likeness (QED) is 0.302. The van der Waals surface area contributed by atoms with Crippen LogP contribution in [-0.2, 0) is 14.9 Å². The standard InChI is InChI=1S/C33H38N2O4/c1-5-16-35-17-15-33(27-11-8-12-29(19-27)38-4)21-28(20-31(30(33)22-35)39-23(2)36)34(3)32(37)26-14-13-24-9-6-7-10-25(24)18-26/h5-14,18-19,28,30-31H,1,15-17,20-22H2,2-4H3/t28-,30+,31?,33+/m1/s1. The Morgan fingerprint density at radius 2 is 1.90 bits per heavy atom. The summed E-state index contributed by atoms with van der Waals surface area (Å²) in [4.78, 5) is 30.4. The summed E-state index contributed by atoms with van der Waals surface area (Å²) in [5.41, 5.74) is 1.57. The minimum absolute atomic E-state index is 0.0179. The molecule has 1 unspecified atom stereocenters. The van der Waals surface area contributed by atoms with E-state index < -0.39 is 0 Å². The van der Waals surface area contributed by atoms with Crippen LogP contribution in [0.4, 0.5) is 0 Å². The molecule has 1 saturated carbocycles. The minimum atomic E-state index is -0.313. The summed E-state index contributed by atoms with van der Waals surface area (Å²) in [5, 5.41) is 2.15. The lowest BCUT2D eigenvalue weighted by Gasteiger charge is -2.56. The summed E-state index contributed by atoms with van der Waals surface area (Å²) in [7, 11) is 3.57. The average Bonchev–Trinajstić information content (AvgIpc) is 2.96. The van der Waals surface area contributed by atoms with Crippen molar-refractivity contribution >= 4 is 22.6 Å². The van der Waals surface area contributed by atoms with E-state index in [-0.39, 0.29) is 35.4 Å². The maximum Gasteiger partial charge on any atom is 0.302 e. The van der Waals surface area contributed by atoms with Gasteiger partial charge in [-0.1, -0.05) is 48.5 Å². The number of amides is 1. The molecule has 0 radical (unpaired) electrons. The maximum atomic E-state index is 13.8. The van der Waals surface area contributed by atoms with Gasteiger partial charge in [-0.2, -0.15) is 0 Å². The third-order valence-corrected chi connectivity index (χ3v) is 8.81. The van der Waals surface area contributed by atoms with E-state index >= 15 is 0 Å². The highest BCUT2D eigenvalue weighted by Gasteiger charge is 2.54. The number of esters is 1. The Hall–Kier alpha value is -3.64. The molecule has 4 atom stereocenters. The normalized spacial score (nSPS) is 24.9. The molecule has 2 aliphatic rings. The van der Waals surface area contributed by atoms with Gasteiger partial charge in [0.15, 0.2) is 0 Å². The third kappa shape index (κ3) is 5.30. The molecule has 6 heteroatoms. The second kappa shape index (κ2) is 11.2. The van der Waals surface area contributed by atoms with E-state index in [0.717, 1.165) is 49.0 Å². The van der Waals surface area contributed by atoms with E-state index in [4.69, 9.17) is 9.47 Å². The van der Waals surface area contributed by atoms with E-state index in [1.807, 2.05) is 66.6 Å². The molecule has 0 aromatic heterocycles. The molecular formula is C33H38N2O4. The number of methoxy groups -OCH3 is 1. The molecule has 204 valence electrons. The average molecular weight is 527 g/mol. The first kappa shape index (κ1) is 26.9. The van der Waals surface area contributed by atoms with E-state index in [0.29, 0.717) is 12.0 Å². The Bertz CT molecular complexity index is 1370. The number of carbonyl (C=O) groups is 2. The van der Waals surface area contributed by atoms with Gasteiger partial charge in [0.25, 0.3) is 5.91 Å². The molecule has 0 N–H and O–H groups in total. The van der Waals surface area contributed by atoms with Crippen LogP contribution in [0.2, 0.25) is 0 Å². The lowest BCUT2D eigenvalue weighted by atomic mass is 9.56. The van der Waals surface area contributed by atoms with Crippen LogP contribution in [-0.4, -0.2) is 67.6 Å². The van der Waals surface area contributed by atoms with Crippen LogP contribution in [0, 0.1) is 5.92 Å². The van der Waals surface area contributed by atoms with E-state index in [1.54, 1.807) is 7.11 Å². The van der Waals surface area contributed by atoms with Crippen molar-refractivity contribution in [3.8, 4) is 5.75 Å². The Kier molecular flexibility index (Phi) is 7.76. The van der Waals surface area contributed by atoms with Gasteiger partial charge in [0, 0.05) is 56.4 Å². The maximum absolute atomic E-state index is 13.8. The van der Waals surface area contributed by atoms with Crippen LogP contribution < -0.4 is 4.74 Å². The predicted molar refractivity (Wildman–Crippen MR) is 154 cm³/mol. The zero-order chi connectivity index (χ0) is 27.6. The number of hydrogen-bond acceptors (Lipinski definition) is 5. The minimum Gasteiger partial charge on any atom is -0.497 e. The summed E-state index contributed by atoms with van der Waals surface area (Å²) in [5.74, 6) is 0.587. The summed E-state index contributed by atoms with van der Waals surface area (Å²) < 4.78 is 11.7. The van der Waals surface area contributed by atoms with Gasteiger partial charge >= 0.3 is 5.97 Å². The van der Waals surface area contributed by atoms with Gasteiger partial charge < -0.3 is 14.4 Å². The van der Waals surface area contributed by atoms with Crippen LogP contribution in [0.5, 0.6) is 5.75 Å². The fraction of sp³-hybridized carbons (Fsp3) is 0.394. The molecule has 0 spiro atoms. The molecule has 3 aromatic rings. The molecule has 1 aliphatic heterocycles. The number of rotatable bonds is 7. The first-order valence-corrected chi connectivity index (χ1v) is 13.8. The van der Waals surface area contributed by atoms with Crippen molar-refractivity contribution in [3.63, 3.8) is 0 Å². The monoisotopic (exact) mass is 526 g/mol. The number of ether oxygens (including phenoxy) is 2. The number of hydrogen-bond donors (Lipinski definition) is 0. The van der Waals surface area contributed by atoms with Gasteiger partial charge in [-0.15, -0.1) is 6.58 Å². The lowest BCUT2D eigenvalue weighted by molar-refractivity contribution is -0.158. The highest BCUT2D eigenvalue weighted by atomic mass is 16.5. The third-order valence-electron chi connectivity index (χ3n) is 8.81. The molecule has 5 rings (SSSR count). The van der Waals surface area contributed by atoms with Crippen LogP contribution in [0.15, 0.2) is 79.4 Å². The molecule has 1 heterocycles. The SMILES string of the molecule is C=CCN1CC[C@@]2(c3cccc(OC)c3)C[C@H](N(C)C(=O)c3ccc4ccccc4c3)CC(OC(C)=O)[C@@H]2C1. The van der Waals surface area contributed by atoms with Crippen LogP contribution >= 0.6 is 0 Å². The number of piperidine rings is 1. The molecule has 6 nitrogen and oxygen atoms in total. The zero-order valence-corrected chi connectivity index (χ0v) is 23.1. The van der Waals surface area contributed by atoms with E-state index in [2.05, 4.69) is 29.7 Å². The highest BCUT2D eigenvalue weighted by molar-refractivity contribution is 5.98. The predicted octanol–water partition coefficient (Wildman–Crippen LogP) is 5.46. The second-order valence-electron chi connectivity index (χ2n) is 11.0.